The van der Waals surface area contributed by atoms with Crippen LogP contribution in [0.5, 0.6) is 0 Å². The maximum absolute atomic E-state index is 7.13. The Morgan fingerprint density at radius 3 is 2.08 bits per heavy atom. The van der Waals surface area contributed by atoms with Crippen molar-refractivity contribution in [2.24, 2.45) is 17.0 Å². The fourth-order valence-corrected chi connectivity index (χ4v) is 1.45. The molecular formula is C8H21N5. The first-order valence-electron chi connectivity index (χ1n) is 4.25. The molecule has 0 heterocycles. The SMILES string of the molecule is CN(C)CC(C)(C)CN(N)C(=N)N. The molecule has 0 spiro atoms. The summed E-state index contributed by atoms with van der Waals surface area (Å²) in [6.45, 7) is 5.68. The van der Waals surface area contributed by atoms with Crippen molar-refractivity contribution in [3.8, 4) is 0 Å². The van der Waals surface area contributed by atoms with E-state index in [2.05, 4.69) is 18.7 Å². The van der Waals surface area contributed by atoms with E-state index in [1.165, 1.54) is 5.01 Å². The van der Waals surface area contributed by atoms with Gasteiger partial charge in [0.2, 0.25) is 5.96 Å². The van der Waals surface area contributed by atoms with Crippen molar-refractivity contribution >= 4 is 5.96 Å². The van der Waals surface area contributed by atoms with Gasteiger partial charge in [0.25, 0.3) is 0 Å². The normalized spacial score (nSPS) is 11.8. The third kappa shape index (κ3) is 5.43. The predicted molar refractivity (Wildman–Crippen MR) is 55.1 cm³/mol. The van der Waals surface area contributed by atoms with Crippen LogP contribution in [0.25, 0.3) is 0 Å². The first-order chi connectivity index (χ1) is 5.74. The molecule has 0 amide bonds. The summed E-state index contributed by atoms with van der Waals surface area (Å²) in [4.78, 5) is 2.09. The number of hydrogen-bond acceptors (Lipinski definition) is 3. The van der Waals surface area contributed by atoms with Gasteiger partial charge in [0.1, 0.15) is 0 Å². The van der Waals surface area contributed by atoms with Crippen LogP contribution >= 0.6 is 0 Å². The molecule has 0 aromatic heterocycles. The highest BCUT2D eigenvalue weighted by molar-refractivity contribution is 5.73. The van der Waals surface area contributed by atoms with E-state index in [0.717, 1.165) is 6.54 Å². The van der Waals surface area contributed by atoms with Gasteiger partial charge in [0.15, 0.2) is 0 Å². The number of guanidine groups is 1. The molecule has 0 aliphatic heterocycles. The molecule has 0 aliphatic rings. The van der Waals surface area contributed by atoms with E-state index in [0.29, 0.717) is 6.54 Å². The second-order valence-corrected chi connectivity index (χ2v) is 4.42. The standard InChI is InChI=1S/C8H21N5/c1-8(2,5-12(3)4)6-13(11)7(9)10/h5-6,11H2,1-4H3,(H3,9,10). The monoisotopic (exact) mass is 187 g/mol. The fraction of sp³-hybridized carbons (Fsp3) is 0.875. The smallest absolute Gasteiger partial charge is 0.202 e. The summed E-state index contributed by atoms with van der Waals surface area (Å²) in [6, 6.07) is 0. The minimum Gasteiger partial charge on any atom is -0.369 e. The van der Waals surface area contributed by atoms with Crippen LogP contribution in [0, 0.1) is 10.8 Å². The molecule has 0 rings (SSSR count). The lowest BCUT2D eigenvalue weighted by Crippen LogP contribution is -2.49. The predicted octanol–water partition coefficient (Wildman–Crippen LogP) is -0.357. The average molecular weight is 187 g/mol. The second kappa shape index (κ2) is 4.43. The van der Waals surface area contributed by atoms with Crippen molar-refractivity contribution < 1.29 is 0 Å². The van der Waals surface area contributed by atoms with Gasteiger partial charge in [-0.3, -0.25) is 10.4 Å². The third-order valence-corrected chi connectivity index (χ3v) is 1.65. The molecule has 0 atom stereocenters. The summed E-state index contributed by atoms with van der Waals surface area (Å²) in [5.74, 6) is 5.45. The van der Waals surface area contributed by atoms with Gasteiger partial charge < -0.3 is 10.6 Å². The molecule has 5 nitrogen and oxygen atoms in total. The molecular weight excluding hydrogens is 166 g/mol. The third-order valence-electron chi connectivity index (χ3n) is 1.65. The van der Waals surface area contributed by atoms with Gasteiger partial charge in [0.05, 0.1) is 0 Å². The Morgan fingerprint density at radius 1 is 1.31 bits per heavy atom. The number of nitrogens with one attached hydrogen (secondary N) is 1. The average Bonchev–Trinajstić information content (AvgIpc) is 1.81. The molecule has 13 heavy (non-hydrogen) atoms. The molecule has 0 aliphatic carbocycles. The second-order valence-electron chi connectivity index (χ2n) is 4.42. The maximum Gasteiger partial charge on any atom is 0.202 e. The van der Waals surface area contributed by atoms with Gasteiger partial charge in [-0.15, -0.1) is 0 Å². The molecule has 0 unspecified atom stereocenters. The Hall–Kier alpha value is -0.810. The van der Waals surface area contributed by atoms with Crippen LogP contribution in [0.1, 0.15) is 13.8 Å². The number of nitrogens with zero attached hydrogens (tertiary/aromatic N) is 2. The van der Waals surface area contributed by atoms with Crippen LogP contribution in [0.4, 0.5) is 0 Å². The Kier molecular flexibility index (Phi) is 4.16. The molecule has 5 heteroatoms. The van der Waals surface area contributed by atoms with Gasteiger partial charge in [-0.2, -0.15) is 0 Å². The lowest BCUT2D eigenvalue weighted by molar-refractivity contribution is 0.189. The first kappa shape index (κ1) is 12.2. The molecule has 0 saturated carbocycles. The van der Waals surface area contributed by atoms with Gasteiger partial charge >= 0.3 is 0 Å². The zero-order valence-corrected chi connectivity index (χ0v) is 8.96. The van der Waals surface area contributed by atoms with Crippen LogP contribution < -0.4 is 11.6 Å². The fourth-order valence-electron chi connectivity index (χ4n) is 1.45. The Labute approximate surface area is 80.1 Å². The van der Waals surface area contributed by atoms with Crippen molar-refractivity contribution in [2.75, 3.05) is 27.2 Å². The highest BCUT2D eigenvalue weighted by atomic mass is 15.5. The molecule has 0 fully saturated rings. The Bertz CT molecular complexity index is 175. The Balaban J connectivity index is 4.08. The van der Waals surface area contributed by atoms with Crippen LogP contribution in [0.15, 0.2) is 0 Å². The first-order valence-corrected chi connectivity index (χ1v) is 4.25. The Morgan fingerprint density at radius 2 is 1.77 bits per heavy atom. The molecule has 0 aromatic carbocycles. The van der Waals surface area contributed by atoms with Crippen molar-refractivity contribution in [1.82, 2.24) is 9.91 Å². The van der Waals surface area contributed by atoms with E-state index in [4.69, 9.17) is 17.0 Å². The van der Waals surface area contributed by atoms with Gasteiger partial charge in [-0.05, 0) is 19.5 Å². The molecule has 5 N–H and O–H groups in total. The number of hydrazine groups is 1. The van der Waals surface area contributed by atoms with E-state index in [1.807, 2.05) is 14.1 Å². The molecule has 78 valence electrons. The van der Waals surface area contributed by atoms with E-state index >= 15 is 0 Å². The zero-order chi connectivity index (χ0) is 10.6. The largest absolute Gasteiger partial charge is 0.369 e. The summed E-state index contributed by atoms with van der Waals surface area (Å²) in [5.41, 5.74) is 5.28. The van der Waals surface area contributed by atoms with E-state index < -0.39 is 0 Å². The highest BCUT2D eigenvalue weighted by Crippen LogP contribution is 2.15. The van der Waals surface area contributed by atoms with Crippen molar-refractivity contribution in [3.63, 3.8) is 0 Å². The van der Waals surface area contributed by atoms with Gasteiger partial charge in [0, 0.05) is 13.1 Å². The maximum atomic E-state index is 7.13. The van der Waals surface area contributed by atoms with Crippen LogP contribution in [0.3, 0.4) is 0 Å². The molecule has 0 radical (unpaired) electrons. The molecule has 0 aromatic rings. The lowest BCUT2D eigenvalue weighted by atomic mass is 9.93. The number of nitrogens with two attached hydrogens (primary N) is 2. The summed E-state index contributed by atoms with van der Waals surface area (Å²) in [5, 5.41) is 8.40. The summed E-state index contributed by atoms with van der Waals surface area (Å²) >= 11 is 0. The van der Waals surface area contributed by atoms with E-state index in [-0.39, 0.29) is 11.4 Å². The van der Waals surface area contributed by atoms with E-state index in [1.54, 1.807) is 0 Å². The minimum atomic E-state index is -0.0909. The molecule has 0 bridgehead atoms. The quantitative estimate of drug-likeness (QED) is 0.243. The summed E-state index contributed by atoms with van der Waals surface area (Å²) in [6.07, 6.45) is 0. The lowest BCUT2D eigenvalue weighted by Gasteiger charge is -2.32. The highest BCUT2D eigenvalue weighted by Gasteiger charge is 2.21. The van der Waals surface area contributed by atoms with Crippen LogP contribution in [-0.4, -0.2) is 43.1 Å². The van der Waals surface area contributed by atoms with Crippen molar-refractivity contribution in [2.45, 2.75) is 13.8 Å². The zero-order valence-electron chi connectivity index (χ0n) is 8.96. The molecule has 0 saturated heterocycles. The summed E-state index contributed by atoms with van der Waals surface area (Å²) in [7, 11) is 4.02. The van der Waals surface area contributed by atoms with Crippen molar-refractivity contribution in [3.05, 3.63) is 0 Å². The van der Waals surface area contributed by atoms with Crippen LogP contribution in [-0.2, 0) is 0 Å². The van der Waals surface area contributed by atoms with E-state index in [9.17, 15) is 0 Å². The number of hydrogen-bond donors (Lipinski definition) is 3. The van der Waals surface area contributed by atoms with Gasteiger partial charge in [-0.25, -0.2) is 5.84 Å². The minimum absolute atomic E-state index is 0.0317. The number of rotatable bonds is 4. The summed E-state index contributed by atoms with van der Waals surface area (Å²) < 4.78 is 0. The topological polar surface area (TPSA) is 82.4 Å². The van der Waals surface area contributed by atoms with Crippen molar-refractivity contribution in [1.29, 1.82) is 5.41 Å². The van der Waals surface area contributed by atoms with Crippen LogP contribution in [0.2, 0.25) is 0 Å². The van der Waals surface area contributed by atoms with Gasteiger partial charge in [-0.1, -0.05) is 13.8 Å².